The number of hydrogen-bond acceptors (Lipinski definition) is 4. The quantitative estimate of drug-likeness (QED) is 0.553. The highest BCUT2D eigenvalue weighted by Gasteiger charge is 2.24. The van der Waals surface area contributed by atoms with E-state index in [4.69, 9.17) is 0 Å². The summed E-state index contributed by atoms with van der Waals surface area (Å²) in [4.78, 5) is 30.4. The van der Waals surface area contributed by atoms with Crippen LogP contribution in [0.15, 0.2) is 34.9 Å². The van der Waals surface area contributed by atoms with Crippen LogP contribution in [0.3, 0.4) is 0 Å². The van der Waals surface area contributed by atoms with Crippen LogP contribution in [-0.2, 0) is 12.8 Å². The topological polar surface area (TPSA) is 59.9 Å². The zero-order chi connectivity index (χ0) is 11.7. The summed E-state index contributed by atoms with van der Waals surface area (Å²) in [6, 6.07) is 0. The van der Waals surface area contributed by atoms with Crippen LogP contribution in [-0.4, -0.2) is 9.97 Å². The highest BCUT2D eigenvalue weighted by atomic mass is 16.2. The number of nitrogens with zero attached hydrogens (tertiary/aromatic N) is 2. The second-order valence-electron chi connectivity index (χ2n) is 3.47. The van der Waals surface area contributed by atoms with Crippen molar-refractivity contribution in [1.82, 2.24) is 9.97 Å². The Labute approximate surface area is 92.0 Å². The predicted octanol–water partition coefficient (Wildman–Crippen LogP) is 0.634. The van der Waals surface area contributed by atoms with E-state index in [2.05, 4.69) is 23.1 Å². The van der Waals surface area contributed by atoms with Gasteiger partial charge in [0, 0.05) is 12.0 Å². The molecule has 0 aliphatic carbocycles. The average Bonchev–Trinajstić information content (AvgIpc) is 2.71. The van der Waals surface area contributed by atoms with Crippen LogP contribution < -0.4 is 11.0 Å². The zero-order valence-electron chi connectivity index (χ0n) is 8.69. The van der Waals surface area contributed by atoms with Crippen molar-refractivity contribution in [2.45, 2.75) is 12.8 Å². The van der Waals surface area contributed by atoms with Crippen LogP contribution >= 0.6 is 0 Å². The van der Waals surface area contributed by atoms with Crippen LogP contribution in [0.25, 0.3) is 11.4 Å². The first kappa shape index (κ1) is 10.4. The summed E-state index contributed by atoms with van der Waals surface area (Å²) in [5.74, 6) is 0. The maximum absolute atomic E-state index is 11.4. The van der Waals surface area contributed by atoms with Gasteiger partial charge in [0.05, 0.1) is 5.69 Å². The monoisotopic (exact) mass is 214 g/mol. The third-order valence-electron chi connectivity index (χ3n) is 2.41. The molecule has 0 amide bonds. The van der Waals surface area contributed by atoms with Crippen molar-refractivity contribution in [1.29, 1.82) is 0 Å². The summed E-state index contributed by atoms with van der Waals surface area (Å²) < 4.78 is 0. The standard InChI is InChI=1S/C12H10N2O2/c1-3-5-7-8(6-4-2)13-10-9(7)14-12(16)11(10)15/h3-4H,1-2,5-6H2. The van der Waals surface area contributed by atoms with Crippen molar-refractivity contribution in [2.75, 3.05) is 0 Å². The van der Waals surface area contributed by atoms with Crippen LogP contribution in [0.5, 0.6) is 0 Å². The lowest BCUT2D eigenvalue weighted by Gasteiger charge is -1.96. The third kappa shape index (κ3) is 1.39. The van der Waals surface area contributed by atoms with E-state index in [-0.39, 0.29) is 5.69 Å². The highest BCUT2D eigenvalue weighted by molar-refractivity contribution is 5.65. The molecule has 0 radical (unpaired) electrons. The molecule has 0 atom stereocenters. The fourth-order valence-corrected chi connectivity index (χ4v) is 1.73. The van der Waals surface area contributed by atoms with Crippen molar-refractivity contribution < 1.29 is 0 Å². The summed E-state index contributed by atoms with van der Waals surface area (Å²) in [5.41, 5.74) is 0.822. The molecular formula is C12H10N2O2. The van der Waals surface area contributed by atoms with Crippen LogP contribution in [0.1, 0.15) is 11.3 Å². The van der Waals surface area contributed by atoms with Gasteiger partial charge in [-0.2, -0.15) is 0 Å². The van der Waals surface area contributed by atoms with Crippen molar-refractivity contribution in [3.63, 3.8) is 0 Å². The van der Waals surface area contributed by atoms with Crippen LogP contribution in [0, 0.1) is 0 Å². The molecule has 0 unspecified atom stereocenters. The van der Waals surface area contributed by atoms with Gasteiger partial charge in [-0.3, -0.25) is 9.59 Å². The van der Waals surface area contributed by atoms with Gasteiger partial charge in [-0.1, -0.05) is 12.2 Å². The molecule has 0 aromatic rings. The lowest BCUT2D eigenvalue weighted by atomic mass is 10.1. The van der Waals surface area contributed by atoms with Gasteiger partial charge in [0.1, 0.15) is 11.4 Å². The molecule has 4 nitrogen and oxygen atoms in total. The normalized spacial score (nSPS) is 10.8. The molecule has 0 N–H and O–H groups in total. The summed E-state index contributed by atoms with van der Waals surface area (Å²) in [7, 11) is 0. The molecule has 0 saturated carbocycles. The first-order chi connectivity index (χ1) is 7.69. The fraction of sp³-hybridized carbons (Fsp3) is 0.167. The summed E-state index contributed by atoms with van der Waals surface area (Å²) in [5, 5.41) is 0. The average molecular weight is 214 g/mol. The number of fused-ring (bicyclic) bond motifs is 1. The molecule has 0 spiro atoms. The Morgan fingerprint density at radius 2 is 1.69 bits per heavy atom. The smallest absolute Gasteiger partial charge is 0.281 e. The minimum Gasteiger partial charge on any atom is -0.281 e. The van der Waals surface area contributed by atoms with Crippen LogP contribution in [0.2, 0.25) is 0 Å². The number of hydrogen-bond donors (Lipinski definition) is 0. The van der Waals surface area contributed by atoms with Gasteiger partial charge in [-0.15, -0.1) is 13.2 Å². The molecule has 4 heteroatoms. The van der Waals surface area contributed by atoms with E-state index >= 15 is 0 Å². The molecule has 0 saturated heterocycles. The maximum atomic E-state index is 11.4. The molecule has 80 valence electrons. The second-order valence-corrected chi connectivity index (χ2v) is 3.47. The van der Waals surface area contributed by atoms with Gasteiger partial charge in [-0.25, -0.2) is 9.97 Å². The van der Waals surface area contributed by atoms with Gasteiger partial charge < -0.3 is 0 Å². The molecule has 2 rings (SSSR count). The second kappa shape index (κ2) is 3.81. The fourth-order valence-electron chi connectivity index (χ4n) is 1.73. The lowest BCUT2D eigenvalue weighted by Crippen LogP contribution is -2.19. The Balaban J connectivity index is 2.70. The molecule has 16 heavy (non-hydrogen) atoms. The minimum absolute atomic E-state index is 0.179. The summed E-state index contributed by atoms with van der Waals surface area (Å²) in [6.45, 7) is 7.26. The van der Waals surface area contributed by atoms with Gasteiger partial charge in [0.25, 0.3) is 5.43 Å². The van der Waals surface area contributed by atoms with E-state index in [1.54, 1.807) is 12.2 Å². The van der Waals surface area contributed by atoms with Gasteiger partial charge in [-0.05, 0) is 6.42 Å². The largest absolute Gasteiger partial charge is 0.320 e. The minimum atomic E-state index is -0.729. The molecule has 2 heterocycles. The van der Waals surface area contributed by atoms with E-state index in [1.807, 2.05) is 0 Å². The third-order valence-corrected chi connectivity index (χ3v) is 2.41. The molecule has 0 fully saturated rings. The Morgan fingerprint density at radius 3 is 2.31 bits per heavy atom. The van der Waals surface area contributed by atoms with Crippen LogP contribution in [0.4, 0.5) is 0 Å². The van der Waals surface area contributed by atoms with E-state index in [0.717, 1.165) is 11.3 Å². The maximum Gasteiger partial charge on any atom is 0.320 e. The number of allylic oxidation sites excluding steroid dienone is 2. The molecule has 0 aromatic heterocycles. The summed E-state index contributed by atoms with van der Waals surface area (Å²) in [6.07, 6.45) is 4.52. The van der Waals surface area contributed by atoms with Crippen molar-refractivity contribution in [3.8, 4) is 11.4 Å². The molecule has 2 aliphatic rings. The predicted molar refractivity (Wildman–Crippen MR) is 61.4 cm³/mol. The molecule has 2 aliphatic heterocycles. The Hall–Kier alpha value is -2.10. The number of aromatic nitrogens is 2. The van der Waals surface area contributed by atoms with Crippen molar-refractivity contribution in [3.05, 3.63) is 57.1 Å². The molecular weight excluding hydrogens is 204 g/mol. The van der Waals surface area contributed by atoms with Crippen molar-refractivity contribution >= 4 is 0 Å². The molecule has 0 bridgehead atoms. The Kier molecular flexibility index (Phi) is 2.48. The lowest BCUT2D eigenvalue weighted by molar-refractivity contribution is 1.09. The van der Waals surface area contributed by atoms with Crippen molar-refractivity contribution in [2.24, 2.45) is 0 Å². The molecule has 0 aromatic carbocycles. The number of rotatable bonds is 4. The van der Waals surface area contributed by atoms with E-state index in [1.165, 1.54) is 0 Å². The van der Waals surface area contributed by atoms with E-state index < -0.39 is 11.0 Å². The SMILES string of the molecule is C=CCc1nc2c(=O)c(=O)nc-2c1CC=C. The Bertz CT molecular complexity index is 606. The first-order valence-electron chi connectivity index (χ1n) is 4.89. The van der Waals surface area contributed by atoms with E-state index in [0.29, 0.717) is 18.5 Å². The van der Waals surface area contributed by atoms with E-state index in [9.17, 15) is 9.59 Å². The van der Waals surface area contributed by atoms with Gasteiger partial charge >= 0.3 is 5.56 Å². The first-order valence-corrected chi connectivity index (χ1v) is 4.89. The van der Waals surface area contributed by atoms with Gasteiger partial charge in [0.15, 0.2) is 0 Å². The highest BCUT2D eigenvalue weighted by Crippen LogP contribution is 2.24. The summed E-state index contributed by atoms with van der Waals surface area (Å²) >= 11 is 0. The Morgan fingerprint density at radius 1 is 1.00 bits per heavy atom. The van der Waals surface area contributed by atoms with Gasteiger partial charge in [0.2, 0.25) is 0 Å². The zero-order valence-corrected chi connectivity index (χ0v) is 8.69.